The zero-order chi connectivity index (χ0) is 16.5. The van der Waals surface area contributed by atoms with Gasteiger partial charge in [-0.1, -0.05) is 43.7 Å². The molecule has 0 bridgehead atoms. The number of hydrogen-bond acceptors (Lipinski definition) is 3. The number of rotatable bonds is 3. The quantitative estimate of drug-likeness (QED) is 0.667. The van der Waals surface area contributed by atoms with Crippen LogP contribution in [0.1, 0.15) is 42.3 Å². The minimum absolute atomic E-state index is 0.138. The molecule has 22 heavy (non-hydrogen) atoms. The third kappa shape index (κ3) is 4.74. The van der Waals surface area contributed by atoms with E-state index in [-0.39, 0.29) is 11.7 Å². The lowest BCUT2D eigenvalue weighted by atomic mass is 10.1. The minimum atomic E-state index is -0.275. The molecule has 0 atom stereocenters. The molecule has 0 aromatic heterocycles. The van der Waals surface area contributed by atoms with Crippen LogP contribution in [0.5, 0.6) is 5.75 Å². The summed E-state index contributed by atoms with van der Waals surface area (Å²) in [5.41, 5.74) is 5.20. The van der Waals surface area contributed by atoms with Crippen LogP contribution in [0.4, 0.5) is 0 Å². The highest BCUT2D eigenvalue weighted by Crippen LogP contribution is 2.16. The van der Waals surface area contributed by atoms with Crippen molar-refractivity contribution < 1.29 is 9.90 Å². The molecule has 0 saturated heterocycles. The molecule has 0 saturated carbocycles. The van der Waals surface area contributed by atoms with E-state index in [0.717, 1.165) is 5.56 Å². The maximum absolute atomic E-state index is 11.9. The van der Waals surface area contributed by atoms with E-state index in [4.69, 9.17) is 0 Å². The molecule has 0 heterocycles. The number of carbonyl (C=O) groups excluding carboxylic acids is 1. The van der Waals surface area contributed by atoms with Crippen LogP contribution >= 0.6 is 0 Å². The van der Waals surface area contributed by atoms with Crippen LogP contribution in [0.25, 0.3) is 0 Å². The van der Waals surface area contributed by atoms with Gasteiger partial charge in [0.05, 0.1) is 5.71 Å². The van der Waals surface area contributed by atoms with E-state index in [1.54, 1.807) is 43.3 Å². The molecule has 2 aromatic carbocycles. The number of carbonyl (C=O) groups is 1. The molecule has 0 aliphatic carbocycles. The minimum Gasteiger partial charge on any atom is -0.507 e. The molecule has 0 unspecified atom stereocenters. The van der Waals surface area contributed by atoms with E-state index < -0.39 is 0 Å². The van der Waals surface area contributed by atoms with Gasteiger partial charge in [-0.15, -0.1) is 0 Å². The van der Waals surface area contributed by atoms with E-state index in [2.05, 4.69) is 10.5 Å². The SMILES string of the molecule is C/C(=N\NC(=O)c1cccc(C)c1)c1ccccc1O.CC. The lowest BCUT2D eigenvalue weighted by molar-refractivity contribution is 0.0954. The first kappa shape index (κ1) is 17.4. The summed E-state index contributed by atoms with van der Waals surface area (Å²) in [6.45, 7) is 7.65. The van der Waals surface area contributed by atoms with Gasteiger partial charge in [-0.25, -0.2) is 5.43 Å². The van der Waals surface area contributed by atoms with Gasteiger partial charge >= 0.3 is 0 Å². The number of benzene rings is 2. The maximum atomic E-state index is 11.9. The summed E-state index contributed by atoms with van der Waals surface area (Å²) >= 11 is 0. The van der Waals surface area contributed by atoms with Crippen LogP contribution in [0.15, 0.2) is 53.6 Å². The number of aryl methyl sites for hydroxylation is 1. The van der Waals surface area contributed by atoms with Gasteiger partial charge in [-0.2, -0.15) is 5.10 Å². The largest absolute Gasteiger partial charge is 0.507 e. The molecule has 1 amide bonds. The summed E-state index contributed by atoms with van der Waals surface area (Å²) < 4.78 is 0. The average Bonchev–Trinajstić information content (AvgIpc) is 2.54. The highest BCUT2D eigenvalue weighted by atomic mass is 16.3. The lowest BCUT2D eigenvalue weighted by Crippen LogP contribution is -2.19. The molecule has 4 nitrogen and oxygen atoms in total. The van der Waals surface area contributed by atoms with Gasteiger partial charge in [0, 0.05) is 11.1 Å². The average molecular weight is 298 g/mol. The number of nitrogens with one attached hydrogen (secondary N) is 1. The first-order valence-corrected chi connectivity index (χ1v) is 7.27. The van der Waals surface area contributed by atoms with Gasteiger partial charge in [0.1, 0.15) is 5.75 Å². The predicted molar refractivity (Wildman–Crippen MR) is 90.3 cm³/mol. The Morgan fingerprint density at radius 1 is 1.09 bits per heavy atom. The summed E-state index contributed by atoms with van der Waals surface area (Å²) in [6.07, 6.45) is 0. The summed E-state index contributed by atoms with van der Waals surface area (Å²) in [5, 5.41) is 13.7. The van der Waals surface area contributed by atoms with Crippen molar-refractivity contribution in [1.29, 1.82) is 0 Å². The zero-order valence-electron chi connectivity index (χ0n) is 13.4. The van der Waals surface area contributed by atoms with Crippen LogP contribution in [0, 0.1) is 6.92 Å². The Bertz CT molecular complexity index is 664. The van der Waals surface area contributed by atoms with Crippen LogP contribution in [-0.2, 0) is 0 Å². The van der Waals surface area contributed by atoms with E-state index >= 15 is 0 Å². The number of amides is 1. The normalized spacial score (nSPS) is 10.5. The fraction of sp³-hybridized carbons (Fsp3) is 0.222. The number of hydrogen-bond donors (Lipinski definition) is 2. The summed E-state index contributed by atoms with van der Waals surface area (Å²) in [5.74, 6) is -0.137. The first-order chi connectivity index (χ1) is 10.6. The molecule has 0 fully saturated rings. The molecule has 0 radical (unpaired) electrons. The topological polar surface area (TPSA) is 61.7 Å². The van der Waals surface area contributed by atoms with Crippen molar-refractivity contribution in [2.24, 2.45) is 5.10 Å². The highest BCUT2D eigenvalue weighted by Gasteiger charge is 2.06. The summed E-state index contributed by atoms with van der Waals surface area (Å²) in [4.78, 5) is 11.9. The van der Waals surface area contributed by atoms with E-state index in [1.807, 2.05) is 32.9 Å². The van der Waals surface area contributed by atoms with Crippen molar-refractivity contribution in [3.05, 3.63) is 65.2 Å². The fourth-order valence-electron chi connectivity index (χ4n) is 1.83. The second kappa shape index (κ2) is 8.62. The van der Waals surface area contributed by atoms with E-state index in [9.17, 15) is 9.90 Å². The van der Waals surface area contributed by atoms with Crippen LogP contribution in [0.3, 0.4) is 0 Å². The Morgan fingerprint density at radius 3 is 2.41 bits per heavy atom. The number of phenols is 1. The van der Waals surface area contributed by atoms with Crippen molar-refractivity contribution >= 4 is 11.6 Å². The third-order valence-corrected chi connectivity index (χ3v) is 2.90. The maximum Gasteiger partial charge on any atom is 0.271 e. The van der Waals surface area contributed by atoms with Crippen LogP contribution < -0.4 is 5.43 Å². The molecule has 0 spiro atoms. The third-order valence-electron chi connectivity index (χ3n) is 2.90. The van der Waals surface area contributed by atoms with Crippen LogP contribution in [-0.4, -0.2) is 16.7 Å². The zero-order valence-corrected chi connectivity index (χ0v) is 13.4. The van der Waals surface area contributed by atoms with Gasteiger partial charge < -0.3 is 5.11 Å². The molecule has 0 aliphatic heterocycles. The Labute approximate surface area is 131 Å². The molecule has 4 heteroatoms. The predicted octanol–water partition coefficient (Wildman–Crippen LogP) is 3.88. The van der Waals surface area contributed by atoms with Gasteiger partial charge in [-0.3, -0.25) is 4.79 Å². The Balaban J connectivity index is 0.00000116. The first-order valence-electron chi connectivity index (χ1n) is 7.27. The van der Waals surface area contributed by atoms with E-state index in [0.29, 0.717) is 16.8 Å². The monoisotopic (exact) mass is 298 g/mol. The van der Waals surface area contributed by atoms with Gasteiger partial charge in [0.15, 0.2) is 0 Å². The fourth-order valence-corrected chi connectivity index (χ4v) is 1.83. The van der Waals surface area contributed by atoms with Gasteiger partial charge in [0.25, 0.3) is 5.91 Å². The number of nitrogens with zero attached hydrogens (tertiary/aromatic N) is 1. The van der Waals surface area contributed by atoms with Crippen molar-refractivity contribution in [1.82, 2.24) is 5.43 Å². The van der Waals surface area contributed by atoms with Crippen molar-refractivity contribution in [2.45, 2.75) is 27.7 Å². The van der Waals surface area contributed by atoms with E-state index in [1.165, 1.54) is 0 Å². The number of hydrazone groups is 1. The number of para-hydroxylation sites is 1. The molecule has 2 rings (SSSR count). The highest BCUT2D eigenvalue weighted by molar-refractivity contribution is 6.02. The second-order valence-corrected chi connectivity index (χ2v) is 4.52. The summed E-state index contributed by atoms with van der Waals surface area (Å²) in [6, 6.07) is 14.1. The Kier molecular flexibility index (Phi) is 6.83. The summed E-state index contributed by atoms with van der Waals surface area (Å²) in [7, 11) is 0. The Morgan fingerprint density at radius 2 is 1.77 bits per heavy atom. The molecular weight excluding hydrogens is 276 g/mol. The van der Waals surface area contributed by atoms with Gasteiger partial charge in [0.2, 0.25) is 0 Å². The Hall–Kier alpha value is -2.62. The molecular formula is C18H22N2O2. The standard InChI is InChI=1S/C16H16N2O2.C2H6/c1-11-6-5-7-13(10-11)16(20)18-17-12(2)14-8-3-4-9-15(14)19;1-2/h3-10,19H,1-2H3,(H,18,20);1-2H3/b17-12+;. The van der Waals surface area contributed by atoms with Crippen LogP contribution in [0.2, 0.25) is 0 Å². The number of aromatic hydroxyl groups is 1. The smallest absolute Gasteiger partial charge is 0.271 e. The van der Waals surface area contributed by atoms with Gasteiger partial charge in [-0.05, 0) is 38.1 Å². The molecule has 0 aliphatic rings. The second-order valence-electron chi connectivity index (χ2n) is 4.52. The molecule has 2 N–H and O–H groups in total. The molecule has 2 aromatic rings. The van der Waals surface area contributed by atoms with Crippen molar-refractivity contribution in [3.63, 3.8) is 0 Å². The molecule has 116 valence electrons. The lowest BCUT2D eigenvalue weighted by Gasteiger charge is -2.05. The van der Waals surface area contributed by atoms with Crippen molar-refractivity contribution in [3.8, 4) is 5.75 Å². The number of phenolic OH excluding ortho intramolecular Hbond substituents is 1. The van der Waals surface area contributed by atoms with Crippen molar-refractivity contribution in [2.75, 3.05) is 0 Å².